The Morgan fingerprint density at radius 1 is 1.29 bits per heavy atom. The fourth-order valence-corrected chi connectivity index (χ4v) is 2.22. The summed E-state index contributed by atoms with van der Waals surface area (Å²) in [5.41, 5.74) is 0.429. The normalized spacial score (nSPS) is 13.2. The first-order chi connectivity index (χ1) is 7.87. The molecule has 0 aliphatic heterocycles. The molecule has 1 unspecified atom stereocenters. The van der Waals surface area contributed by atoms with Gasteiger partial charge in [0.1, 0.15) is 21.3 Å². The molecule has 1 N–H and O–H groups in total. The molecule has 0 fully saturated rings. The van der Waals surface area contributed by atoms with E-state index in [1.807, 2.05) is 0 Å². The highest BCUT2D eigenvalue weighted by Crippen LogP contribution is 2.29. The summed E-state index contributed by atoms with van der Waals surface area (Å²) in [6, 6.07) is 4.83. The van der Waals surface area contributed by atoms with Crippen molar-refractivity contribution in [1.29, 1.82) is 0 Å². The molecule has 96 valence electrons. The van der Waals surface area contributed by atoms with E-state index in [9.17, 15) is 13.5 Å². The van der Waals surface area contributed by atoms with Gasteiger partial charge in [0.2, 0.25) is 0 Å². The molecule has 0 bridgehead atoms. The first-order valence-electron chi connectivity index (χ1n) is 4.95. The molecular formula is C11H16O5S. The fraction of sp³-hybridized carbons (Fsp3) is 0.455. The van der Waals surface area contributed by atoms with Crippen LogP contribution in [0.5, 0.6) is 11.5 Å². The third-order valence-electron chi connectivity index (χ3n) is 2.26. The molecule has 0 spiro atoms. The molecule has 1 aromatic rings. The van der Waals surface area contributed by atoms with Crippen LogP contribution in [0.25, 0.3) is 0 Å². The van der Waals surface area contributed by atoms with E-state index in [2.05, 4.69) is 0 Å². The smallest absolute Gasteiger partial charge is 0.150 e. The van der Waals surface area contributed by atoms with Gasteiger partial charge in [-0.1, -0.05) is 0 Å². The average Bonchev–Trinajstić information content (AvgIpc) is 2.25. The number of hydrogen-bond acceptors (Lipinski definition) is 5. The standard InChI is InChI=1S/C11H16O5S/c1-15-8-4-5-9(11(6-8)16-2)10(12)7-17(3,13)14/h4-6,10,12H,7H2,1-3H3. The van der Waals surface area contributed by atoms with Crippen LogP contribution in [-0.4, -0.2) is 39.8 Å². The highest BCUT2D eigenvalue weighted by Gasteiger charge is 2.18. The molecule has 0 radical (unpaired) electrons. The predicted molar refractivity (Wildman–Crippen MR) is 64.2 cm³/mol. The van der Waals surface area contributed by atoms with E-state index in [4.69, 9.17) is 9.47 Å². The van der Waals surface area contributed by atoms with Crippen LogP contribution < -0.4 is 9.47 Å². The van der Waals surface area contributed by atoms with Crippen LogP contribution >= 0.6 is 0 Å². The van der Waals surface area contributed by atoms with Crippen LogP contribution in [0.3, 0.4) is 0 Å². The maximum Gasteiger partial charge on any atom is 0.150 e. The highest BCUT2D eigenvalue weighted by molar-refractivity contribution is 7.90. The van der Waals surface area contributed by atoms with Gasteiger partial charge < -0.3 is 14.6 Å². The average molecular weight is 260 g/mol. The van der Waals surface area contributed by atoms with Crippen LogP contribution in [0.4, 0.5) is 0 Å². The van der Waals surface area contributed by atoms with Gasteiger partial charge in [-0.25, -0.2) is 8.42 Å². The second-order valence-electron chi connectivity index (χ2n) is 3.72. The summed E-state index contributed by atoms with van der Waals surface area (Å²) in [7, 11) is -0.284. The van der Waals surface area contributed by atoms with Crippen molar-refractivity contribution < 1.29 is 23.0 Å². The molecule has 1 rings (SSSR count). The summed E-state index contributed by atoms with van der Waals surface area (Å²) in [5.74, 6) is 0.646. The largest absolute Gasteiger partial charge is 0.497 e. The number of methoxy groups -OCH3 is 2. The molecule has 17 heavy (non-hydrogen) atoms. The maximum atomic E-state index is 11.1. The Bertz CT molecular complexity index is 481. The molecular weight excluding hydrogens is 244 g/mol. The predicted octanol–water partition coefficient (Wildman–Crippen LogP) is 0.782. The number of hydrogen-bond donors (Lipinski definition) is 1. The Morgan fingerprint density at radius 2 is 1.94 bits per heavy atom. The molecule has 0 aliphatic rings. The third-order valence-corrected chi connectivity index (χ3v) is 3.18. The second-order valence-corrected chi connectivity index (χ2v) is 5.90. The van der Waals surface area contributed by atoms with E-state index in [0.29, 0.717) is 17.1 Å². The quantitative estimate of drug-likeness (QED) is 0.847. The zero-order valence-corrected chi connectivity index (χ0v) is 10.8. The van der Waals surface area contributed by atoms with Crippen LogP contribution in [0, 0.1) is 0 Å². The van der Waals surface area contributed by atoms with E-state index in [0.717, 1.165) is 6.26 Å². The summed E-state index contributed by atoms with van der Waals surface area (Å²) in [5, 5.41) is 9.83. The summed E-state index contributed by atoms with van der Waals surface area (Å²) in [6.45, 7) is 0. The first-order valence-corrected chi connectivity index (χ1v) is 7.01. The van der Waals surface area contributed by atoms with E-state index in [1.165, 1.54) is 14.2 Å². The lowest BCUT2D eigenvalue weighted by molar-refractivity contribution is 0.196. The maximum absolute atomic E-state index is 11.1. The summed E-state index contributed by atoms with van der Waals surface area (Å²) in [4.78, 5) is 0. The second kappa shape index (κ2) is 5.37. The summed E-state index contributed by atoms with van der Waals surface area (Å²) < 4.78 is 32.3. The number of aliphatic hydroxyl groups excluding tert-OH is 1. The zero-order valence-electron chi connectivity index (χ0n) is 10.0. The van der Waals surface area contributed by atoms with Gasteiger partial charge in [0, 0.05) is 17.9 Å². The van der Waals surface area contributed by atoms with Gasteiger partial charge >= 0.3 is 0 Å². The van der Waals surface area contributed by atoms with Crippen LogP contribution in [-0.2, 0) is 9.84 Å². The summed E-state index contributed by atoms with van der Waals surface area (Å²) in [6.07, 6.45) is -0.0301. The minimum Gasteiger partial charge on any atom is -0.497 e. The van der Waals surface area contributed by atoms with Crippen molar-refractivity contribution in [2.24, 2.45) is 0 Å². The molecule has 0 saturated heterocycles. The molecule has 0 saturated carbocycles. The van der Waals surface area contributed by atoms with Crippen molar-refractivity contribution in [2.45, 2.75) is 6.10 Å². The van der Waals surface area contributed by atoms with Gasteiger partial charge in [-0.15, -0.1) is 0 Å². The topological polar surface area (TPSA) is 72.8 Å². The highest BCUT2D eigenvalue weighted by atomic mass is 32.2. The molecule has 0 heterocycles. The Hall–Kier alpha value is -1.27. The van der Waals surface area contributed by atoms with Crippen LogP contribution in [0.2, 0.25) is 0 Å². The molecule has 5 nitrogen and oxygen atoms in total. The molecule has 1 atom stereocenters. The third kappa shape index (κ3) is 3.90. The lowest BCUT2D eigenvalue weighted by Gasteiger charge is -2.14. The van der Waals surface area contributed by atoms with Crippen LogP contribution in [0.1, 0.15) is 11.7 Å². The number of sulfone groups is 1. The molecule has 0 aromatic heterocycles. The van der Waals surface area contributed by atoms with E-state index in [1.54, 1.807) is 18.2 Å². The molecule has 1 aromatic carbocycles. The number of ether oxygens (including phenoxy) is 2. The van der Waals surface area contributed by atoms with E-state index < -0.39 is 15.9 Å². The van der Waals surface area contributed by atoms with Crippen LogP contribution in [0.15, 0.2) is 18.2 Å². The zero-order chi connectivity index (χ0) is 13.1. The molecule has 0 amide bonds. The van der Waals surface area contributed by atoms with Crippen molar-refractivity contribution in [3.63, 3.8) is 0 Å². The Morgan fingerprint density at radius 3 is 2.41 bits per heavy atom. The SMILES string of the molecule is COc1ccc(C(O)CS(C)(=O)=O)c(OC)c1. The van der Waals surface area contributed by atoms with Gasteiger partial charge in [0.15, 0.2) is 0 Å². The van der Waals surface area contributed by atoms with E-state index >= 15 is 0 Å². The number of benzene rings is 1. The van der Waals surface area contributed by atoms with Gasteiger partial charge in [-0.2, -0.15) is 0 Å². The Balaban J connectivity index is 3.04. The monoisotopic (exact) mass is 260 g/mol. The number of rotatable bonds is 5. The molecule has 6 heteroatoms. The minimum atomic E-state index is -3.25. The van der Waals surface area contributed by atoms with Gasteiger partial charge in [-0.05, 0) is 12.1 Å². The first kappa shape index (κ1) is 13.8. The summed E-state index contributed by atoms with van der Waals surface area (Å²) >= 11 is 0. The number of aliphatic hydroxyl groups is 1. The van der Waals surface area contributed by atoms with Gasteiger partial charge in [0.25, 0.3) is 0 Å². The lowest BCUT2D eigenvalue weighted by atomic mass is 10.1. The Labute approximate surface area is 101 Å². The van der Waals surface area contributed by atoms with Gasteiger partial charge in [-0.3, -0.25) is 0 Å². The Kier molecular flexibility index (Phi) is 4.36. The van der Waals surface area contributed by atoms with Crippen molar-refractivity contribution in [3.05, 3.63) is 23.8 Å². The van der Waals surface area contributed by atoms with Crippen molar-refractivity contribution in [3.8, 4) is 11.5 Å². The van der Waals surface area contributed by atoms with Crippen molar-refractivity contribution >= 4 is 9.84 Å². The van der Waals surface area contributed by atoms with Crippen molar-refractivity contribution in [1.82, 2.24) is 0 Å². The fourth-order valence-electron chi connectivity index (χ4n) is 1.47. The van der Waals surface area contributed by atoms with Gasteiger partial charge in [0.05, 0.1) is 26.1 Å². The minimum absolute atomic E-state index is 0.338. The molecule has 0 aliphatic carbocycles. The van der Waals surface area contributed by atoms with E-state index in [-0.39, 0.29) is 5.75 Å². The van der Waals surface area contributed by atoms with Crippen molar-refractivity contribution in [2.75, 3.05) is 26.2 Å². The lowest BCUT2D eigenvalue weighted by Crippen LogP contribution is -2.13.